The van der Waals surface area contributed by atoms with Crippen LogP contribution in [0.5, 0.6) is 0 Å². The maximum Gasteiger partial charge on any atom is 0.301 e. The molecule has 1 N–H and O–H groups in total. The van der Waals surface area contributed by atoms with Gasteiger partial charge in [0.2, 0.25) is 5.13 Å². The molecular weight excluding hydrogens is 360 g/mol. The molecular formula is C16H10N4O3S2. The van der Waals surface area contributed by atoms with Crippen molar-refractivity contribution in [2.75, 3.05) is 4.90 Å². The molecule has 1 fully saturated rings. The van der Waals surface area contributed by atoms with Crippen LogP contribution in [-0.2, 0) is 9.59 Å². The molecule has 1 amide bonds. The first-order valence-electron chi connectivity index (χ1n) is 7.18. The number of Topliss-reactive ketones (excluding diaryl/α,β-unsaturated/α-hetero) is 1. The van der Waals surface area contributed by atoms with Gasteiger partial charge in [-0.15, -0.1) is 10.2 Å². The van der Waals surface area contributed by atoms with E-state index in [0.29, 0.717) is 10.7 Å². The first-order chi connectivity index (χ1) is 12.2. The van der Waals surface area contributed by atoms with Crippen molar-refractivity contribution < 1.29 is 14.7 Å². The van der Waals surface area contributed by atoms with Gasteiger partial charge in [-0.2, -0.15) is 11.3 Å². The van der Waals surface area contributed by atoms with E-state index in [0.717, 1.165) is 16.9 Å². The van der Waals surface area contributed by atoms with Crippen molar-refractivity contribution in [1.29, 1.82) is 0 Å². The summed E-state index contributed by atoms with van der Waals surface area (Å²) in [5, 5.41) is 22.4. The van der Waals surface area contributed by atoms with Gasteiger partial charge in [-0.05, 0) is 34.5 Å². The van der Waals surface area contributed by atoms with Crippen LogP contribution in [0.4, 0.5) is 5.13 Å². The zero-order valence-electron chi connectivity index (χ0n) is 12.6. The summed E-state index contributed by atoms with van der Waals surface area (Å²) in [5.41, 5.74) is 2.61. The molecule has 0 radical (unpaired) electrons. The number of carbonyl (C=O) groups is 2. The summed E-state index contributed by atoms with van der Waals surface area (Å²) in [4.78, 5) is 30.5. The molecule has 3 aromatic rings. The van der Waals surface area contributed by atoms with E-state index >= 15 is 0 Å². The molecule has 0 aliphatic carbocycles. The number of anilines is 1. The Morgan fingerprint density at radius 1 is 1.28 bits per heavy atom. The number of aliphatic hydroxyl groups excluding tert-OH is 1. The predicted octanol–water partition coefficient (Wildman–Crippen LogP) is 2.62. The fourth-order valence-electron chi connectivity index (χ4n) is 2.71. The van der Waals surface area contributed by atoms with E-state index in [1.807, 2.05) is 16.8 Å². The molecule has 124 valence electrons. The van der Waals surface area contributed by atoms with Crippen molar-refractivity contribution in [3.05, 3.63) is 63.6 Å². The van der Waals surface area contributed by atoms with Gasteiger partial charge in [0.1, 0.15) is 11.3 Å². The number of rotatable bonds is 3. The van der Waals surface area contributed by atoms with Crippen molar-refractivity contribution in [1.82, 2.24) is 15.2 Å². The number of hydrogen-bond donors (Lipinski definition) is 1. The SMILES string of the molecule is O=C1C(=O)N(c2nncs2)C(c2ccsc2)/C1=C(\O)c1cccnc1. The van der Waals surface area contributed by atoms with Crippen molar-refractivity contribution >= 4 is 45.3 Å². The molecule has 7 nitrogen and oxygen atoms in total. The lowest BCUT2D eigenvalue weighted by Gasteiger charge is -2.21. The second-order valence-corrected chi connectivity index (χ2v) is 6.78. The Hall–Kier alpha value is -2.91. The number of aliphatic hydroxyl groups is 1. The van der Waals surface area contributed by atoms with Gasteiger partial charge >= 0.3 is 5.91 Å². The van der Waals surface area contributed by atoms with E-state index in [1.165, 1.54) is 27.9 Å². The summed E-state index contributed by atoms with van der Waals surface area (Å²) in [6, 6.07) is 4.34. The minimum atomic E-state index is -0.757. The minimum Gasteiger partial charge on any atom is -0.507 e. The van der Waals surface area contributed by atoms with Gasteiger partial charge in [0, 0.05) is 18.0 Å². The Balaban J connectivity index is 1.93. The van der Waals surface area contributed by atoms with Gasteiger partial charge in [0.25, 0.3) is 5.78 Å². The highest BCUT2D eigenvalue weighted by Crippen LogP contribution is 2.42. The molecule has 1 aliphatic heterocycles. The highest BCUT2D eigenvalue weighted by Gasteiger charge is 2.48. The van der Waals surface area contributed by atoms with Gasteiger partial charge in [-0.25, -0.2) is 0 Å². The highest BCUT2D eigenvalue weighted by molar-refractivity contribution is 7.13. The highest BCUT2D eigenvalue weighted by atomic mass is 32.1. The van der Waals surface area contributed by atoms with Crippen molar-refractivity contribution in [3.8, 4) is 0 Å². The van der Waals surface area contributed by atoms with Crippen LogP contribution in [0.2, 0.25) is 0 Å². The number of nitrogens with zero attached hydrogens (tertiary/aromatic N) is 4. The number of carbonyl (C=O) groups excluding carboxylic acids is 2. The predicted molar refractivity (Wildman–Crippen MR) is 93.2 cm³/mol. The quantitative estimate of drug-likeness (QED) is 0.432. The lowest BCUT2D eigenvalue weighted by molar-refractivity contribution is -0.132. The zero-order valence-corrected chi connectivity index (χ0v) is 14.2. The van der Waals surface area contributed by atoms with Gasteiger partial charge < -0.3 is 5.11 Å². The fraction of sp³-hybridized carbons (Fsp3) is 0.0625. The average Bonchev–Trinajstić information content (AvgIpc) is 3.37. The van der Waals surface area contributed by atoms with Gasteiger partial charge in [0.15, 0.2) is 0 Å². The Morgan fingerprint density at radius 3 is 2.80 bits per heavy atom. The monoisotopic (exact) mass is 370 g/mol. The van der Waals surface area contributed by atoms with Crippen LogP contribution in [0.1, 0.15) is 17.2 Å². The van der Waals surface area contributed by atoms with Crippen LogP contribution in [-0.4, -0.2) is 32.0 Å². The van der Waals surface area contributed by atoms with Crippen molar-refractivity contribution in [2.24, 2.45) is 0 Å². The van der Waals surface area contributed by atoms with Crippen molar-refractivity contribution in [2.45, 2.75) is 6.04 Å². The fourth-order valence-corrected chi connectivity index (χ4v) is 3.97. The standard InChI is InChI=1S/C16H10N4O3S2/c21-13(9-2-1-4-17-6-9)11-12(10-3-5-24-7-10)20(15(23)14(11)22)16-19-18-8-25-16/h1-8,12,21H/b13-11+. The normalized spacial score (nSPS) is 19.5. The Morgan fingerprint density at radius 2 is 2.16 bits per heavy atom. The molecule has 3 aromatic heterocycles. The minimum absolute atomic E-state index is 0.0200. The smallest absolute Gasteiger partial charge is 0.301 e. The van der Waals surface area contributed by atoms with Crippen LogP contribution < -0.4 is 4.90 Å². The Labute approximate surface area is 149 Å². The number of amides is 1. The zero-order chi connectivity index (χ0) is 17.4. The van der Waals surface area contributed by atoms with Crippen LogP contribution in [0.15, 0.2) is 52.4 Å². The number of pyridine rings is 1. The number of aromatic nitrogens is 3. The largest absolute Gasteiger partial charge is 0.507 e. The molecule has 9 heteroatoms. The first kappa shape index (κ1) is 15.6. The lowest BCUT2D eigenvalue weighted by Crippen LogP contribution is -2.29. The molecule has 4 heterocycles. The summed E-state index contributed by atoms with van der Waals surface area (Å²) in [6.45, 7) is 0. The van der Waals surface area contributed by atoms with Crippen molar-refractivity contribution in [3.63, 3.8) is 0 Å². The summed E-state index contributed by atoms with van der Waals surface area (Å²) < 4.78 is 0. The molecule has 1 atom stereocenters. The molecule has 0 aromatic carbocycles. The molecule has 25 heavy (non-hydrogen) atoms. The van der Waals surface area contributed by atoms with Gasteiger partial charge in [-0.3, -0.25) is 19.5 Å². The molecule has 0 bridgehead atoms. The summed E-state index contributed by atoms with van der Waals surface area (Å²) in [6.07, 6.45) is 3.01. The molecule has 1 aliphatic rings. The van der Waals surface area contributed by atoms with Crippen LogP contribution in [0, 0.1) is 0 Å². The summed E-state index contributed by atoms with van der Waals surface area (Å²) >= 11 is 2.59. The molecule has 1 saturated heterocycles. The van der Waals surface area contributed by atoms with E-state index < -0.39 is 17.7 Å². The average molecular weight is 370 g/mol. The molecule has 0 spiro atoms. The van der Waals surface area contributed by atoms with Crippen LogP contribution in [0.3, 0.4) is 0 Å². The maximum absolute atomic E-state index is 12.7. The second-order valence-electron chi connectivity index (χ2n) is 5.19. The number of hydrogen-bond acceptors (Lipinski definition) is 8. The van der Waals surface area contributed by atoms with Crippen LogP contribution >= 0.6 is 22.7 Å². The van der Waals surface area contributed by atoms with E-state index in [1.54, 1.807) is 18.3 Å². The third-order valence-corrected chi connectivity index (χ3v) is 5.18. The van der Waals surface area contributed by atoms with E-state index in [9.17, 15) is 14.7 Å². The lowest BCUT2D eigenvalue weighted by atomic mass is 9.98. The van der Waals surface area contributed by atoms with E-state index in [-0.39, 0.29) is 11.3 Å². The number of ketones is 1. The topological polar surface area (TPSA) is 96.3 Å². The van der Waals surface area contributed by atoms with Gasteiger partial charge in [0.05, 0.1) is 11.6 Å². The third-order valence-electron chi connectivity index (χ3n) is 3.79. The van der Waals surface area contributed by atoms with E-state index in [2.05, 4.69) is 15.2 Å². The molecule has 4 rings (SSSR count). The first-order valence-corrected chi connectivity index (χ1v) is 9.00. The molecule has 1 unspecified atom stereocenters. The summed E-state index contributed by atoms with van der Waals surface area (Å²) in [7, 11) is 0. The third kappa shape index (κ3) is 2.53. The Kier molecular flexibility index (Phi) is 3.86. The Bertz CT molecular complexity index is 953. The maximum atomic E-state index is 12.7. The number of thiophene rings is 1. The second kappa shape index (κ2) is 6.19. The van der Waals surface area contributed by atoms with Crippen LogP contribution in [0.25, 0.3) is 5.76 Å². The summed E-state index contributed by atoms with van der Waals surface area (Å²) in [5.74, 6) is -1.75. The van der Waals surface area contributed by atoms with Gasteiger partial charge in [-0.1, -0.05) is 11.3 Å². The van der Waals surface area contributed by atoms with E-state index in [4.69, 9.17) is 0 Å². The molecule has 0 saturated carbocycles.